The lowest BCUT2D eigenvalue weighted by atomic mass is 10.1. The van der Waals surface area contributed by atoms with E-state index in [1.54, 1.807) is 18.2 Å². The maximum absolute atomic E-state index is 16.3. The maximum atomic E-state index is 16.3. The number of phosphoric acid groups is 1. The number of fused-ring (bicyclic) bond motifs is 5. The number of nitrogens with zero attached hydrogens (tertiary/aromatic N) is 8. The van der Waals surface area contributed by atoms with Gasteiger partial charge < -0.3 is 35.5 Å². The number of halogens is 1. The van der Waals surface area contributed by atoms with Gasteiger partial charge in [0.15, 0.2) is 41.6 Å². The van der Waals surface area contributed by atoms with Crippen LogP contribution < -0.4 is 16.8 Å². The highest BCUT2D eigenvalue weighted by molar-refractivity contribution is 7.62. The van der Waals surface area contributed by atoms with Crippen LogP contribution in [0.1, 0.15) is 12.5 Å². The number of alkyl halides is 1. The quantitative estimate of drug-likeness (QED) is 0.187. The molecule has 10 unspecified atom stereocenters. The van der Waals surface area contributed by atoms with E-state index in [1.807, 2.05) is 0 Å². The van der Waals surface area contributed by atoms with E-state index < -0.39 is 77.8 Å². The molecular weight excluding hydrogens is 693 g/mol. The first-order valence-corrected chi connectivity index (χ1v) is 17.7. The number of hydrogen-bond acceptors (Lipinski definition) is 17. The van der Waals surface area contributed by atoms with Crippen LogP contribution in [-0.4, -0.2) is 98.9 Å². The van der Waals surface area contributed by atoms with Gasteiger partial charge in [-0.1, -0.05) is 18.2 Å². The number of hydrogen-bond donors (Lipinski definition) is 4. The molecule has 0 radical (unpaired) electrons. The number of anilines is 2. The number of phosphoric ester groups is 1. The van der Waals surface area contributed by atoms with E-state index in [0.717, 1.165) is 6.33 Å². The Kier molecular flexibility index (Phi) is 7.95. The van der Waals surface area contributed by atoms with Gasteiger partial charge in [-0.05, 0) is 12.1 Å². The molecule has 3 saturated heterocycles. The highest BCUT2D eigenvalue weighted by Crippen LogP contribution is 2.55. The highest BCUT2D eigenvalue weighted by atomic mass is 31.2. The number of aliphatic hydroxyl groups excluding tert-OH is 1. The zero-order chi connectivity index (χ0) is 34.1. The fourth-order valence-corrected chi connectivity index (χ4v) is 8.66. The second kappa shape index (κ2) is 12.1. The van der Waals surface area contributed by atoms with Crippen molar-refractivity contribution < 1.29 is 51.1 Å². The summed E-state index contributed by atoms with van der Waals surface area (Å²) in [5.74, 6) is 0.0964. The van der Waals surface area contributed by atoms with E-state index in [2.05, 4.69) is 29.9 Å². The second-order valence-corrected chi connectivity index (χ2v) is 14.7. The Balaban J connectivity index is 1.18. The van der Waals surface area contributed by atoms with Gasteiger partial charge in [0.05, 0.1) is 31.2 Å². The number of nitrogen functional groups attached to an aromatic ring is 2. The highest BCUT2D eigenvalue weighted by Gasteiger charge is 2.54. The van der Waals surface area contributed by atoms with Gasteiger partial charge in [0.2, 0.25) is 0 Å². The van der Waals surface area contributed by atoms with Crippen molar-refractivity contribution >= 4 is 54.7 Å². The summed E-state index contributed by atoms with van der Waals surface area (Å²) in [7, 11) is -9.57. The molecule has 3 aliphatic heterocycles. The van der Waals surface area contributed by atoms with Crippen LogP contribution in [0.25, 0.3) is 22.3 Å². The van der Waals surface area contributed by atoms with E-state index in [0.29, 0.717) is 0 Å². The summed E-state index contributed by atoms with van der Waals surface area (Å²) < 4.78 is 81.6. The first kappa shape index (κ1) is 32.2. The summed E-state index contributed by atoms with van der Waals surface area (Å²) in [6.45, 7) is -1.43. The Morgan fingerprint density at radius 2 is 1.37 bits per heavy atom. The zero-order valence-corrected chi connectivity index (χ0v) is 26.7. The lowest BCUT2D eigenvalue weighted by Gasteiger charge is -2.28. The van der Waals surface area contributed by atoms with Crippen LogP contribution in [0.5, 0.6) is 0 Å². The Hall–Kier alpha value is -4.01. The van der Waals surface area contributed by atoms with Crippen molar-refractivity contribution in [1.82, 2.24) is 39.0 Å². The number of imidazole rings is 2. The third-order valence-corrected chi connectivity index (χ3v) is 11.2. The van der Waals surface area contributed by atoms with Gasteiger partial charge >= 0.3 is 15.4 Å². The number of benzene rings is 1. The van der Waals surface area contributed by atoms with Crippen LogP contribution in [0.15, 0.2) is 55.6 Å². The molecule has 0 spiro atoms. The number of rotatable bonds is 3. The largest absolute Gasteiger partial charge is 0.472 e. The van der Waals surface area contributed by atoms with Gasteiger partial charge in [-0.2, -0.15) is 0 Å². The van der Waals surface area contributed by atoms with Crippen LogP contribution in [0, 0.1) is 0 Å². The Morgan fingerprint density at radius 3 is 2.02 bits per heavy atom. The van der Waals surface area contributed by atoms with Gasteiger partial charge in [0, 0.05) is 0 Å². The molecule has 49 heavy (non-hydrogen) atoms. The van der Waals surface area contributed by atoms with Crippen LogP contribution in [0.3, 0.4) is 0 Å². The zero-order valence-electron chi connectivity index (χ0n) is 24.9. The molecule has 4 aromatic heterocycles. The fraction of sp³-hybridized carbons (Fsp3) is 0.385. The first-order chi connectivity index (χ1) is 23.5. The number of nitrogens with two attached hydrogens (primary N) is 2. The van der Waals surface area contributed by atoms with E-state index >= 15 is 4.39 Å². The number of aromatic nitrogens is 8. The molecule has 7 heterocycles. The van der Waals surface area contributed by atoms with Crippen molar-refractivity contribution in [3.8, 4) is 0 Å². The lowest BCUT2D eigenvalue weighted by Crippen LogP contribution is -2.36. The molecule has 0 amide bonds. The average molecular weight is 721 g/mol. The Bertz CT molecular complexity index is 2130. The summed E-state index contributed by atoms with van der Waals surface area (Å²) in [5.41, 5.74) is 12.5. The lowest BCUT2D eigenvalue weighted by molar-refractivity contribution is -0.0624. The van der Waals surface area contributed by atoms with E-state index in [-0.39, 0.29) is 39.3 Å². The van der Waals surface area contributed by atoms with E-state index in [4.69, 9.17) is 39.0 Å². The average Bonchev–Trinajstić information content (AvgIpc) is 3.85. The van der Waals surface area contributed by atoms with Crippen molar-refractivity contribution in [3.05, 3.63) is 55.6 Å². The smallest absolute Gasteiger partial charge is 0.387 e. The molecule has 20 nitrogen and oxygen atoms in total. The molecule has 10 atom stereocenters. The van der Waals surface area contributed by atoms with E-state index in [1.165, 1.54) is 40.2 Å². The molecular formula is C26H27FN10O10P2. The molecule has 3 aliphatic rings. The van der Waals surface area contributed by atoms with Crippen LogP contribution >= 0.6 is 15.4 Å². The van der Waals surface area contributed by atoms with Gasteiger partial charge in [-0.15, -0.1) is 0 Å². The molecule has 0 aliphatic carbocycles. The van der Waals surface area contributed by atoms with Crippen molar-refractivity contribution in [2.24, 2.45) is 0 Å². The summed E-state index contributed by atoms with van der Waals surface area (Å²) in [5, 5.41) is 11.5. The predicted molar refractivity (Wildman–Crippen MR) is 163 cm³/mol. The molecule has 2 bridgehead atoms. The Morgan fingerprint density at radius 1 is 0.776 bits per heavy atom. The number of aliphatic hydroxyl groups is 1. The maximum Gasteiger partial charge on any atom is 0.472 e. The molecule has 23 heteroatoms. The third-order valence-electron chi connectivity index (χ3n) is 8.30. The van der Waals surface area contributed by atoms with Crippen molar-refractivity contribution in [2.75, 3.05) is 24.7 Å². The van der Waals surface area contributed by atoms with Crippen LogP contribution in [-0.2, 0) is 36.7 Å². The minimum absolute atomic E-state index is 0.0328. The summed E-state index contributed by atoms with van der Waals surface area (Å²) >= 11 is 0. The van der Waals surface area contributed by atoms with Gasteiger partial charge in [-0.3, -0.25) is 27.3 Å². The van der Waals surface area contributed by atoms with Crippen molar-refractivity contribution in [1.29, 1.82) is 0 Å². The Labute approximate surface area is 274 Å². The fourth-order valence-electron chi connectivity index (χ4n) is 5.94. The molecule has 1 aromatic carbocycles. The first-order valence-electron chi connectivity index (χ1n) is 14.7. The molecule has 0 saturated carbocycles. The van der Waals surface area contributed by atoms with Crippen molar-refractivity contribution in [3.63, 3.8) is 0 Å². The third kappa shape index (κ3) is 5.57. The summed E-state index contributed by atoms with van der Waals surface area (Å²) in [4.78, 5) is 35.2. The summed E-state index contributed by atoms with van der Waals surface area (Å²) in [6.07, 6.45) is -7.81. The minimum atomic E-state index is -5.10. The van der Waals surface area contributed by atoms with Gasteiger partial charge in [0.1, 0.15) is 54.2 Å². The van der Waals surface area contributed by atoms with Gasteiger partial charge in [0.25, 0.3) is 0 Å². The van der Waals surface area contributed by atoms with Crippen molar-refractivity contribution in [2.45, 2.75) is 49.1 Å². The molecule has 6 N–H and O–H groups in total. The van der Waals surface area contributed by atoms with E-state index in [9.17, 15) is 19.1 Å². The van der Waals surface area contributed by atoms with Gasteiger partial charge in [-0.25, -0.2) is 38.9 Å². The SMILES string of the molecule is Nc1ncnc2c1ncn2C1OC2COP(=O)(c3ccccc3)OC3C(O)C(COP(=O)(O)OC2C1F)OC3n1cnc2c(N)ncnc21. The molecule has 5 aromatic rings. The summed E-state index contributed by atoms with van der Waals surface area (Å²) in [6, 6.07) is 7.81. The molecule has 8 rings (SSSR count). The monoisotopic (exact) mass is 720 g/mol. The molecule has 3 fully saturated rings. The molecule has 258 valence electrons. The second-order valence-electron chi connectivity index (χ2n) is 11.3. The normalized spacial score (nSPS) is 35.5. The predicted octanol–water partition coefficient (Wildman–Crippen LogP) is 0.761. The standard InChI is InChI=1S/C26H27FN10O10P2/c27-15-19-14(45-25(15)36-10-34-16-21(28)30-8-32-23(16)36)7-42-48(39,12-4-2-1-3-5-12)46-20-18(38)13(6-43-49(40,41)47-19)44-26(20)37-11-35-17-22(29)31-9-33-24(17)37/h1-5,8-11,13-15,18-20,25-26,38H,6-7H2,(H,40,41)(H2,28,30,32)(H2,29,31,33). The van der Waals surface area contributed by atoms with Crippen LogP contribution in [0.2, 0.25) is 0 Å². The number of ether oxygens (including phenoxy) is 2. The minimum Gasteiger partial charge on any atom is -0.387 e. The van der Waals surface area contributed by atoms with Crippen LogP contribution in [0.4, 0.5) is 16.0 Å². The topological polar surface area (TPSA) is 269 Å².